The first kappa shape index (κ1) is 19.8. The highest BCUT2D eigenvalue weighted by atomic mass is 32.1. The average Bonchev–Trinajstić information content (AvgIpc) is 3.37. The van der Waals surface area contributed by atoms with E-state index in [0.717, 1.165) is 0 Å². The van der Waals surface area contributed by atoms with E-state index in [-0.39, 0.29) is 16.9 Å². The van der Waals surface area contributed by atoms with Crippen molar-refractivity contribution >= 4 is 34.5 Å². The number of rotatable bonds is 4. The summed E-state index contributed by atoms with van der Waals surface area (Å²) in [6.07, 6.45) is 0. The normalized spacial score (nSPS) is 18.1. The second-order valence-electron chi connectivity index (χ2n) is 6.82. The molecule has 3 aromatic rings. The maximum atomic E-state index is 13.7. The number of nitrogens with zero attached hydrogens (tertiary/aromatic N) is 1. The molecule has 2 aromatic carbocycles. The zero-order chi connectivity index (χ0) is 21.4. The number of aliphatic hydroxyl groups excluding tert-OH is 1. The second-order valence-corrected chi connectivity index (χ2v) is 7.80. The predicted octanol–water partition coefficient (Wildman–Crippen LogP) is 4.83. The number of anilines is 1. The van der Waals surface area contributed by atoms with Crippen LogP contribution in [0.2, 0.25) is 0 Å². The summed E-state index contributed by atoms with van der Waals surface area (Å²) in [7, 11) is 1.48. The third-order valence-electron chi connectivity index (χ3n) is 5.03. The van der Waals surface area contributed by atoms with Gasteiger partial charge in [0, 0.05) is 10.4 Å². The molecule has 152 valence electrons. The minimum Gasteiger partial charge on any atom is -0.507 e. The minimum absolute atomic E-state index is 0.0423. The van der Waals surface area contributed by atoms with Crippen molar-refractivity contribution in [3.05, 3.63) is 87.4 Å². The molecule has 7 heteroatoms. The highest BCUT2D eigenvalue weighted by molar-refractivity contribution is 7.10. The molecule has 1 aliphatic heterocycles. The Morgan fingerprint density at radius 2 is 1.90 bits per heavy atom. The van der Waals surface area contributed by atoms with Crippen LogP contribution >= 0.6 is 11.3 Å². The Labute approximate surface area is 176 Å². The van der Waals surface area contributed by atoms with Crippen LogP contribution in [0.25, 0.3) is 5.76 Å². The zero-order valence-corrected chi connectivity index (χ0v) is 17.1. The first-order valence-corrected chi connectivity index (χ1v) is 10.1. The number of ketones is 1. The number of ether oxygens (including phenoxy) is 1. The van der Waals surface area contributed by atoms with Gasteiger partial charge >= 0.3 is 0 Å². The average molecular weight is 423 g/mol. The van der Waals surface area contributed by atoms with Crippen LogP contribution in [0.4, 0.5) is 10.1 Å². The van der Waals surface area contributed by atoms with Crippen LogP contribution in [0.3, 0.4) is 0 Å². The molecule has 0 saturated carbocycles. The summed E-state index contributed by atoms with van der Waals surface area (Å²) in [5.74, 6) is -1.90. The first-order valence-electron chi connectivity index (χ1n) is 9.18. The summed E-state index contributed by atoms with van der Waals surface area (Å²) in [4.78, 5) is 28.2. The fourth-order valence-corrected chi connectivity index (χ4v) is 4.40. The van der Waals surface area contributed by atoms with Gasteiger partial charge in [-0.05, 0) is 54.3 Å². The van der Waals surface area contributed by atoms with Gasteiger partial charge in [-0.2, -0.15) is 0 Å². The van der Waals surface area contributed by atoms with Crippen molar-refractivity contribution in [1.29, 1.82) is 0 Å². The molecule has 0 aliphatic carbocycles. The third-order valence-corrected chi connectivity index (χ3v) is 5.96. The molecule has 1 fully saturated rings. The Morgan fingerprint density at radius 1 is 1.13 bits per heavy atom. The number of amides is 1. The van der Waals surface area contributed by atoms with Gasteiger partial charge in [0.05, 0.1) is 18.4 Å². The van der Waals surface area contributed by atoms with Crippen LogP contribution in [0.15, 0.2) is 65.6 Å². The van der Waals surface area contributed by atoms with Gasteiger partial charge in [-0.25, -0.2) is 4.39 Å². The number of para-hydroxylation sites is 2. The molecule has 1 unspecified atom stereocenters. The van der Waals surface area contributed by atoms with Crippen LogP contribution in [0, 0.1) is 12.7 Å². The van der Waals surface area contributed by atoms with Crippen LogP contribution in [0.5, 0.6) is 5.75 Å². The lowest BCUT2D eigenvalue weighted by Gasteiger charge is -2.25. The molecule has 1 amide bonds. The predicted molar refractivity (Wildman–Crippen MR) is 113 cm³/mol. The van der Waals surface area contributed by atoms with E-state index in [1.54, 1.807) is 37.3 Å². The number of thiophene rings is 1. The molecule has 4 rings (SSSR count). The Hall–Kier alpha value is -3.45. The molecule has 0 bridgehead atoms. The molecule has 30 heavy (non-hydrogen) atoms. The molecule has 1 atom stereocenters. The van der Waals surface area contributed by atoms with Crippen molar-refractivity contribution in [3.8, 4) is 5.75 Å². The summed E-state index contributed by atoms with van der Waals surface area (Å²) in [5.41, 5.74) is 0.980. The molecule has 5 nitrogen and oxygen atoms in total. The molecule has 1 saturated heterocycles. The number of carbonyl (C=O) groups excluding carboxylic acids is 2. The number of halogens is 1. The lowest BCUT2D eigenvalue weighted by molar-refractivity contribution is -0.132. The maximum Gasteiger partial charge on any atom is 0.300 e. The molecular formula is C23H18FNO4S. The lowest BCUT2D eigenvalue weighted by atomic mass is 9.98. The monoisotopic (exact) mass is 423 g/mol. The summed E-state index contributed by atoms with van der Waals surface area (Å²) in [5, 5.41) is 12.8. The van der Waals surface area contributed by atoms with E-state index < -0.39 is 23.5 Å². The summed E-state index contributed by atoms with van der Waals surface area (Å²) >= 11 is 1.37. The van der Waals surface area contributed by atoms with E-state index in [1.165, 1.54) is 41.5 Å². The van der Waals surface area contributed by atoms with E-state index in [2.05, 4.69) is 0 Å². The lowest BCUT2D eigenvalue weighted by Crippen LogP contribution is -2.29. The van der Waals surface area contributed by atoms with Crippen molar-refractivity contribution in [1.82, 2.24) is 0 Å². The largest absolute Gasteiger partial charge is 0.507 e. The van der Waals surface area contributed by atoms with E-state index in [1.807, 2.05) is 11.4 Å². The second kappa shape index (κ2) is 7.76. The highest BCUT2D eigenvalue weighted by Gasteiger charge is 2.48. The zero-order valence-electron chi connectivity index (χ0n) is 16.3. The Kier molecular flexibility index (Phi) is 5.13. The van der Waals surface area contributed by atoms with Crippen molar-refractivity contribution in [2.45, 2.75) is 13.0 Å². The van der Waals surface area contributed by atoms with Crippen LogP contribution < -0.4 is 9.64 Å². The standard InChI is InChI=1S/C23H18FNO4S/c1-13-12-14(9-10-15(13)24)21(26)19-20(18-8-5-11-30-18)25(23(28)22(19)27)16-6-3-4-7-17(16)29-2/h3-12,20,26H,1-2H3/b21-19-. The van der Waals surface area contributed by atoms with Gasteiger partial charge < -0.3 is 9.84 Å². The summed E-state index contributed by atoms with van der Waals surface area (Å²) < 4.78 is 19.1. The molecule has 1 aliphatic rings. The number of aryl methyl sites for hydroxylation is 1. The maximum absolute atomic E-state index is 13.7. The smallest absolute Gasteiger partial charge is 0.300 e. The van der Waals surface area contributed by atoms with Crippen molar-refractivity contribution in [2.24, 2.45) is 0 Å². The van der Waals surface area contributed by atoms with Crippen LogP contribution in [-0.2, 0) is 9.59 Å². The number of methoxy groups -OCH3 is 1. The molecule has 2 heterocycles. The summed E-state index contributed by atoms with van der Waals surface area (Å²) in [6, 6.07) is 13.7. The van der Waals surface area contributed by atoms with Gasteiger partial charge in [-0.15, -0.1) is 11.3 Å². The number of hydrogen-bond donors (Lipinski definition) is 1. The Bertz CT molecular complexity index is 1170. The molecule has 0 spiro atoms. The fourth-order valence-electron chi connectivity index (χ4n) is 3.57. The number of hydrogen-bond acceptors (Lipinski definition) is 5. The summed E-state index contributed by atoms with van der Waals surface area (Å²) in [6.45, 7) is 1.57. The molecule has 0 radical (unpaired) electrons. The number of Topliss-reactive ketones (excluding diaryl/α,β-unsaturated/α-hetero) is 1. The van der Waals surface area contributed by atoms with Gasteiger partial charge in [-0.3, -0.25) is 14.5 Å². The van der Waals surface area contributed by atoms with Crippen LogP contribution in [-0.4, -0.2) is 23.9 Å². The van der Waals surface area contributed by atoms with Crippen molar-refractivity contribution in [3.63, 3.8) is 0 Å². The Balaban J connectivity index is 1.95. The van der Waals surface area contributed by atoms with E-state index in [9.17, 15) is 19.1 Å². The first-order chi connectivity index (χ1) is 14.4. The quantitative estimate of drug-likeness (QED) is 0.371. The topological polar surface area (TPSA) is 66.8 Å². The number of carbonyl (C=O) groups is 2. The fraction of sp³-hybridized carbons (Fsp3) is 0.130. The van der Waals surface area contributed by atoms with Gasteiger partial charge in [-0.1, -0.05) is 18.2 Å². The van der Waals surface area contributed by atoms with E-state index in [0.29, 0.717) is 21.9 Å². The van der Waals surface area contributed by atoms with Crippen LogP contribution in [0.1, 0.15) is 22.0 Å². The number of aliphatic hydroxyl groups is 1. The van der Waals surface area contributed by atoms with Crippen molar-refractivity contribution in [2.75, 3.05) is 12.0 Å². The van der Waals surface area contributed by atoms with Gasteiger partial charge in [0.2, 0.25) is 0 Å². The van der Waals surface area contributed by atoms with Gasteiger partial charge in [0.15, 0.2) is 0 Å². The Morgan fingerprint density at radius 3 is 2.57 bits per heavy atom. The molecular weight excluding hydrogens is 405 g/mol. The van der Waals surface area contributed by atoms with Gasteiger partial charge in [0.1, 0.15) is 23.4 Å². The van der Waals surface area contributed by atoms with E-state index in [4.69, 9.17) is 4.74 Å². The minimum atomic E-state index is -0.827. The highest BCUT2D eigenvalue weighted by Crippen LogP contribution is 2.45. The third kappa shape index (κ3) is 3.17. The number of benzene rings is 2. The molecule has 1 aromatic heterocycles. The van der Waals surface area contributed by atoms with E-state index >= 15 is 0 Å². The molecule has 1 N–H and O–H groups in total. The van der Waals surface area contributed by atoms with Crippen molar-refractivity contribution < 1.29 is 23.8 Å². The SMILES string of the molecule is COc1ccccc1N1C(=O)C(=O)/C(=C(\O)c2ccc(F)c(C)c2)C1c1cccs1. The van der Waals surface area contributed by atoms with Gasteiger partial charge in [0.25, 0.3) is 11.7 Å².